The van der Waals surface area contributed by atoms with Crippen molar-refractivity contribution in [2.75, 3.05) is 0 Å². The van der Waals surface area contributed by atoms with Gasteiger partial charge < -0.3 is 22.1 Å². The minimum absolute atomic E-state index is 0. The minimum Gasteiger partial charge on any atom is -0.344 e. The Morgan fingerprint density at radius 3 is 1.42 bits per heavy atom. The van der Waals surface area contributed by atoms with Crippen LogP contribution < -0.4 is 12.3 Å². The van der Waals surface area contributed by atoms with Crippen molar-refractivity contribution in [1.82, 2.24) is 12.3 Å². The second-order valence-corrected chi connectivity index (χ2v) is 3.43. The van der Waals surface area contributed by atoms with Crippen LogP contribution in [0.5, 0.6) is 0 Å². The molecule has 12 heavy (non-hydrogen) atoms. The zero-order valence-corrected chi connectivity index (χ0v) is 6.96. The third-order valence-corrected chi connectivity index (χ3v) is 1.72. The van der Waals surface area contributed by atoms with Gasteiger partial charge in [0.25, 0.3) is 0 Å². The quantitative estimate of drug-likeness (QED) is 0.212. The highest BCUT2D eigenvalue weighted by atomic mass is 32.3. The van der Waals surface area contributed by atoms with Crippen molar-refractivity contribution in [2.45, 2.75) is 0 Å². The Labute approximate surface area is 85.0 Å². The van der Waals surface area contributed by atoms with E-state index < -0.39 is 18.2 Å². The number of hydrogen-bond acceptors (Lipinski definition) is 6. The smallest absolute Gasteiger partial charge is 0.344 e. The van der Waals surface area contributed by atoms with Crippen LogP contribution in [-0.4, -0.2) is 45.8 Å². The van der Waals surface area contributed by atoms with Gasteiger partial charge in [0.15, 0.2) is 0 Å². The second kappa shape index (κ2) is 7.14. The Kier molecular flexibility index (Phi) is 13.7. The van der Waals surface area contributed by atoms with Crippen LogP contribution in [0.4, 0.5) is 0 Å². The Balaban J connectivity index is -0.000000107. The molecule has 0 aliphatic heterocycles. The van der Waals surface area contributed by atoms with Crippen LogP contribution in [-0.2, 0) is 18.9 Å². The SMILES string of the molecule is N.N.O=P(O)(O)OS(=O)(=O)O.[MgH2]. The van der Waals surface area contributed by atoms with Gasteiger partial charge >= 0.3 is 41.3 Å². The fourth-order valence-electron chi connectivity index (χ4n) is 0.123. The molecule has 0 fully saturated rings. The van der Waals surface area contributed by atoms with E-state index >= 15 is 0 Å². The normalized spacial score (nSPS) is 10.2. The first-order valence-electron chi connectivity index (χ1n) is 1.45. The fourth-order valence-corrected chi connectivity index (χ4v) is 1.10. The van der Waals surface area contributed by atoms with Gasteiger partial charge in [-0.3, -0.25) is 4.55 Å². The number of hydrogen-bond donors (Lipinski definition) is 5. The predicted octanol–water partition coefficient (Wildman–Crippen LogP) is -1.69. The molecule has 0 atom stereocenters. The minimum atomic E-state index is -5.13. The molecule has 0 unspecified atom stereocenters. The van der Waals surface area contributed by atoms with Crippen molar-refractivity contribution in [3.05, 3.63) is 0 Å². The molecule has 0 heterocycles. The summed E-state index contributed by atoms with van der Waals surface area (Å²) in [6, 6.07) is 0. The summed E-state index contributed by atoms with van der Waals surface area (Å²) in [7, 11) is -10.2. The van der Waals surface area contributed by atoms with Crippen LogP contribution >= 0.6 is 7.82 Å². The van der Waals surface area contributed by atoms with Gasteiger partial charge in [-0.25, -0.2) is 4.57 Å². The van der Waals surface area contributed by atoms with Gasteiger partial charge in [-0.15, -0.1) is 3.97 Å². The van der Waals surface area contributed by atoms with E-state index in [2.05, 4.69) is 3.97 Å². The molecule has 0 aliphatic carbocycles. The first-order valence-corrected chi connectivity index (χ1v) is 4.34. The van der Waals surface area contributed by atoms with Gasteiger partial charge in [-0.1, -0.05) is 0 Å². The van der Waals surface area contributed by atoms with Gasteiger partial charge in [0.05, 0.1) is 0 Å². The first-order chi connectivity index (χ1) is 3.71. The lowest BCUT2D eigenvalue weighted by atomic mass is 14.0. The average Bonchev–Trinajstić information content (AvgIpc) is 1.14. The molecule has 76 valence electrons. The summed E-state index contributed by atoms with van der Waals surface area (Å²) in [6.45, 7) is 0. The van der Waals surface area contributed by atoms with Crippen LogP contribution in [0.1, 0.15) is 0 Å². The highest BCUT2D eigenvalue weighted by Gasteiger charge is 2.22. The molecule has 0 rings (SSSR count). The van der Waals surface area contributed by atoms with Crippen molar-refractivity contribution in [2.24, 2.45) is 0 Å². The third kappa shape index (κ3) is 22.4. The summed E-state index contributed by atoms with van der Waals surface area (Å²) < 4.78 is 39.0. The van der Waals surface area contributed by atoms with E-state index in [1.54, 1.807) is 0 Å². The summed E-state index contributed by atoms with van der Waals surface area (Å²) in [4.78, 5) is 15.4. The molecule has 0 aromatic heterocycles. The van der Waals surface area contributed by atoms with Crippen molar-refractivity contribution >= 4 is 41.3 Å². The average molecular weight is 238 g/mol. The van der Waals surface area contributed by atoms with Gasteiger partial charge in [-0.2, -0.15) is 8.42 Å². The largest absolute Gasteiger partial charge is 0.486 e. The zero-order valence-electron chi connectivity index (χ0n) is 5.24. The molecule has 0 aromatic rings. The highest BCUT2D eigenvalue weighted by Crippen LogP contribution is 2.37. The molecule has 0 bridgehead atoms. The van der Waals surface area contributed by atoms with E-state index in [0.29, 0.717) is 0 Å². The standard InChI is InChI=1S/Mg.2H3N.H3O7PS.2H/c;;;1-8(2,3)7-9(4,5)6;;/h;2*1H3;(H2,1,2,3)(H,4,5,6);;. The molecule has 0 aromatic carbocycles. The molecule has 12 heteroatoms. The molecule has 0 spiro atoms. The van der Waals surface area contributed by atoms with Crippen molar-refractivity contribution in [1.29, 1.82) is 0 Å². The summed E-state index contributed by atoms with van der Waals surface area (Å²) in [5, 5.41) is 0. The summed E-state index contributed by atoms with van der Waals surface area (Å²) >= 11 is 0. The summed E-state index contributed by atoms with van der Waals surface area (Å²) in [5.41, 5.74) is 0. The number of phosphoric acid groups is 1. The van der Waals surface area contributed by atoms with Gasteiger partial charge in [0.2, 0.25) is 0 Å². The van der Waals surface area contributed by atoms with Crippen LogP contribution in [0.25, 0.3) is 0 Å². The second-order valence-electron chi connectivity index (χ2n) is 0.993. The number of rotatable bonds is 2. The van der Waals surface area contributed by atoms with Crippen LogP contribution in [0.3, 0.4) is 0 Å². The third-order valence-electron chi connectivity index (χ3n) is 0.191. The van der Waals surface area contributed by atoms with Crippen molar-refractivity contribution in [3.63, 3.8) is 0 Å². The molecule has 0 saturated heterocycles. The lowest BCUT2D eigenvalue weighted by Crippen LogP contribution is -2.00. The van der Waals surface area contributed by atoms with Gasteiger partial charge in [-0.05, 0) is 0 Å². The van der Waals surface area contributed by atoms with E-state index in [-0.39, 0.29) is 35.4 Å². The van der Waals surface area contributed by atoms with Crippen molar-refractivity contribution in [3.8, 4) is 0 Å². The van der Waals surface area contributed by atoms with E-state index in [4.69, 9.17) is 14.3 Å². The molecular weight excluding hydrogens is 227 g/mol. The Hall–Kier alpha value is 0.706. The first kappa shape index (κ1) is 23.0. The Morgan fingerprint density at radius 1 is 1.17 bits per heavy atom. The molecule has 0 amide bonds. The lowest BCUT2D eigenvalue weighted by Gasteiger charge is -1.97. The highest BCUT2D eigenvalue weighted by molar-refractivity contribution is 7.85. The lowest BCUT2D eigenvalue weighted by molar-refractivity contribution is 0.268. The van der Waals surface area contributed by atoms with Crippen LogP contribution in [0.15, 0.2) is 0 Å². The van der Waals surface area contributed by atoms with Crippen LogP contribution in [0, 0.1) is 0 Å². The maximum Gasteiger partial charge on any atom is 0.486 e. The monoisotopic (exact) mass is 238 g/mol. The molecule has 0 radical (unpaired) electrons. The molecule has 9 N–H and O–H groups in total. The maximum atomic E-state index is 9.58. The maximum absolute atomic E-state index is 9.58. The van der Waals surface area contributed by atoms with E-state index in [1.165, 1.54) is 0 Å². The predicted molar refractivity (Wildman–Crippen MR) is 43.3 cm³/mol. The molecule has 9 nitrogen and oxygen atoms in total. The van der Waals surface area contributed by atoms with E-state index in [9.17, 15) is 13.0 Å². The van der Waals surface area contributed by atoms with E-state index in [0.717, 1.165) is 0 Å². The Bertz CT molecular complexity index is 228. The summed E-state index contributed by atoms with van der Waals surface area (Å²) in [6.07, 6.45) is 0. The molecular formula is H11MgN2O7PS. The topological polar surface area (TPSA) is 191 Å². The van der Waals surface area contributed by atoms with E-state index in [1.807, 2.05) is 0 Å². The van der Waals surface area contributed by atoms with Crippen molar-refractivity contribution < 1.29 is 31.3 Å². The summed E-state index contributed by atoms with van der Waals surface area (Å²) in [5.74, 6) is 0. The Morgan fingerprint density at radius 2 is 1.42 bits per heavy atom. The molecule has 0 aliphatic rings. The zero-order chi connectivity index (χ0) is 7.71. The molecule has 0 saturated carbocycles. The van der Waals surface area contributed by atoms with Crippen LogP contribution in [0.2, 0.25) is 0 Å². The fraction of sp³-hybridized carbons (Fsp3) is 0. The van der Waals surface area contributed by atoms with Gasteiger partial charge in [0.1, 0.15) is 0 Å². The van der Waals surface area contributed by atoms with Gasteiger partial charge in [0, 0.05) is 0 Å².